The van der Waals surface area contributed by atoms with Gasteiger partial charge < -0.3 is 14.9 Å². The van der Waals surface area contributed by atoms with Crippen LogP contribution in [0.3, 0.4) is 0 Å². The van der Waals surface area contributed by atoms with Gasteiger partial charge in [-0.05, 0) is 13.0 Å². The van der Waals surface area contributed by atoms with Crippen molar-refractivity contribution < 1.29 is 23.7 Å². The van der Waals surface area contributed by atoms with E-state index in [2.05, 4.69) is 9.15 Å². The van der Waals surface area contributed by atoms with E-state index in [4.69, 9.17) is 11.0 Å². The molecule has 0 bridgehead atoms. The van der Waals surface area contributed by atoms with Crippen LogP contribution in [-0.2, 0) is 9.53 Å². The van der Waals surface area contributed by atoms with Crippen LogP contribution in [0.15, 0.2) is 27.8 Å². The molecule has 2 N–H and O–H groups in total. The van der Waals surface area contributed by atoms with E-state index in [1.54, 1.807) is 6.07 Å². The Kier molecular flexibility index (Phi) is 4.58. The Labute approximate surface area is 112 Å². The molecule has 0 aliphatic carbocycles. The lowest BCUT2D eigenvalue weighted by Gasteiger charge is -2.02. The van der Waals surface area contributed by atoms with Crippen molar-refractivity contribution in [2.45, 2.75) is 6.92 Å². The first kappa shape index (κ1) is 14.9. The van der Waals surface area contributed by atoms with Gasteiger partial charge in [-0.15, -0.1) is 0 Å². The van der Waals surface area contributed by atoms with Gasteiger partial charge in [0.2, 0.25) is 11.5 Å². The number of carbonyl (C=O) groups excluding carboxylic acids is 2. The van der Waals surface area contributed by atoms with E-state index < -0.39 is 34.9 Å². The predicted octanol–water partition coefficient (Wildman–Crippen LogP) is 0.670. The van der Waals surface area contributed by atoms with Crippen LogP contribution in [0, 0.1) is 21.4 Å². The van der Waals surface area contributed by atoms with Gasteiger partial charge in [-0.1, -0.05) is 0 Å². The molecule has 1 rings (SSSR count). The number of furan rings is 1. The second-order valence-corrected chi connectivity index (χ2v) is 3.56. The highest BCUT2D eigenvalue weighted by molar-refractivity contribution is 6.01. The minimum absolute atomic E-state index is 0.00202. The summed E-state index contributed by atoms with van der Waals surface area (Å²) in [6.07, 6.45) is 0. The number of allylic oxidation sites excluding steroid dienone is 1. The molecule has 0 radical (unpaired) electrons. The van der Waals surface area contributed by atoms with Gasteiger partial charge in [0.15, 0.2) is 6.61 Å². The highest BCUT2D eigenvalue weighted by Crippen LogP contribution is 2.16. The average molecular weight is 279 g/mol. The molecular weight excluding hydrogens is 270 g/mol. The van der Waals surface area contributed by atoms with Crippen LogP contribution in [0.5, 0.6) is 0 Å². The fourth-order valence-electron chi connectivity index (χ4n) is 1.18. The summed E-state index contributed by atoms with van der Waals surface area (Å²) >= 11 is 0. The predicted molar refractivity (Wildman–Crippen MR) is 63.2 cm³/mol. The lowest BCUT2D eigenvalue weighted by atomic mass is 10.1. The molecule has 0 aromatic carbocycles. The van der Waals surface area contributed by atoms with E-state index in [9.17, 15) is 19.7 Å². The Hall–Kier alpha value is -3.15. The summed E-state index contributed by atoms with van der Waals surface area (Å²) in [5.74, 6) is -2.88. The maximum atomic E-state index is 11.5. The van der Waals surface area contributed by atoms with Crippen molar-refractivity contribution in [2.75, 3.05) is 6.61 Å². The van der Waals surface area contributed by atoms with E-state index >= 15 is 0 Å². The molecule has 9 nitrogen and oxygen atoms in total. The number of ketones is 1. The Balaban J connectivity index is 2.68. The van der Waals surface area contributed by atoms with Gasteiger partial charge in [0, 0.05) is 5.70 Å². The third-order valence-electron chi connectivity index (χ3n) is 2.09. The largest absolute Gasteiger partial charge is 0.451 e. The van der Waals surface area contributed by atoms with Gasteiger partial charge in [-0.25, -0.2) is 4.79 Å². The molecule has 0 aliphatic heterocycles. The molecule has 1 aromatic heterocycles. The van der Waals surface area contributed by atoms with Crippen LogP contribution in [0.2, 0.25) is 0 Å². The molecule has 0 atom stereocenters. The standard InChI is InChI=1S/C11H9N3O6/c1-6(13)7(4-12)8(15)5-19-11(16)9-2-3-10(20-9)14(17)18/h2-3H,5,13H2,1H3. The summed E-state index contributed by atoms with van der Waals surface area (Å²) in [5, 5.41) is 19.0. The SMILES string of the molecule is CC(N)=C(C#N)C(=O)COC(=O)c1ccc([N+](=O)[O-])o1. The summed E-state index contributed by atoms with van der Waals surface area (Å²) in [7, 11) is 0. The number of nitro groups is 1. The molecule has 0 spiro atoms. The Morgan fingerprint density at radius 2 is 2.20 bits per heavy atom. The van der Waals surface area contributed by atoms with Gasteiger partial charge in [0.25, 0.3) is 0 Å². The summed E-state index contributed by atoms with van der Waals surface area (Å²) in [4.78, 5) is 32.5. The number of rotatable bonds is 5. The van der Waals surface area contributed by atoms with Crippen molar-refractivity contribution in [1.82, 2.24) is 0 Å². The highest BCUT2D eigenvalue weighted by atomic mass is 16.7. The number of nitrogens with zero attached hydrogens (tertiary/aromatic N) is 2. The molecule has 1 heterocycles. The van der Waals surface area contributed by atoms with E-state index in [0.29, 0.717) is 0 Å². The molecule has 0 fully saturated rings. The van der Waals surface area contributed by atoms with Crippen LogP contribution in [0.1, 0.15) is 17.5 Å². The monoisotopic (exact) mass is 279 g/mol. The fraction of sp³-hybridized carbons (Fsp3) is 0.182. The molecular formula is C11H9N3O6. The van der Waals surface area contributed by atoms with Gasteiger partial charge in [-0.3, -0.25) is 14.9 Å². The molecule has 1 aromatic rings. The average Bonchev–Trinajstić information content (AvgIpc) is 2.86. The van der Waals surface area contributed by atoms with Crippen LogP contribution in [0.4, 0.5) is 5.88 Å². The smallest absolute Gasteiger partial charge is 0.433 e. The van der Waals surface area contributed by atoms with Crippen molar-refractivity contribution in [3.8, 4) is 6.07 Å². The van der Waals surface area contributed by atoms with Crippen molar-refractivity contribution in [3.05, 3.63) is 39.3 Å². The minimum Gasteiger partial charge on any atom is -0.451 e. The van der Waals surface area contributed by atoms with Crippen LogP contribution in [0.25, 0.3) is 0 Å². The zero-order valence-electron chi connectivity index (χ0n) is 10.3. The molecule has 0 aliphatic rings. The number of carbonyl (C=O) groups is 2. The second kappa shape index (κ2) is 6.14. The van der Waals surface area contributed by atoms with Gasteiger partial charge in [0.1, 0.15) is 16.6 Å². The normalized spacial score (nSPS) is 11.2. The summed E-state index contributed by atoms with van der Waals surface area (Å²) in [5.41, 5.74) is 4.99. The Morgan fingerprint density at radius 1 is 1.55 bits per heavy atom. The lowest BCUT2D eigenvalue weighted by Crippen LogP contribution is -2.17. The molecule has 9 heteroatoms. The first-order valence-corrected chi connectivity index (χ1v) is 5.17. The minimum atomic E-state index is -1.06. The third kappa shape index (κ3) is 3.42. The molecule has 104 valence electrons. The second-order valence-electron chi connectivity index (χ2n) is 3.56. The molecule has 0 saturated carbocycles. The molecule has 0 unspecified atom stereocenters. The van der Waals surface area contributed by atoms with Gasteiger partial charge >= 0.3 is 11.9 Å². The van der Waals surface area contributed by atoms with Crippen LogP contribution < -0.4 is 5.73 Å². The number of nitriles is 1. The zero-order valence-corrected chi connectivity index (χ0v) is 10.3. The number of nitrogens with two attached hydrogens (primary N) is 1. The van der Waals surface area contributed by atoms with Crippen LogP contribution in [-0.4, -0.2) is 23.3 Å². The van der Waals surface area contributed by atoms with Crippen molar-refractivity contribution in [1.29, 1.82) is 5.26 Å². The van der Waals surface area contributed by atoms with E-state index in [1.807, 2.05) is 0 Å². The number of hydrogen-bond donors (Lipinski definition) is 1. The maximum absolute atomic E-state index is 11.5. The zero-order chi connectivity index (χ0) is 15.3. The molecule has 20 heavy (non-hydrogen) atoms. The van der Waals surface area contributed by atoms with Crippen molar-refractivity contribution >= 4 is 17.6 Å². The molecule has 0 amide bonds. The summed E-state index contributed by atoms with van der Waals surface area (Å²) in [6, 6.07) is 3.60. The molecule has 0 saturated heterocycles. The first-order valence-electron chi connectivity index (χ1n) is 5.17. The summed E-state index contributed by atoms with van der Waals surface area (Å²) in [6.45, 7) is 0.638. The lowest BCUT2D eigenvalue weighted by molar-refractivity contribution is -0.402. The fourth-order valence-corrected chi connectivity index (χ4v) is 1.18. The Bertz CT molecular complexity index is 633. The van der Waals surface area contributed by atoms with Crippen molar-refractivity contribution in [3.63, 3.8) is 0 Å². The summed E-state index contributed by atoms with van der Waals surface area (Å²) < 4.78 is 9.16. The number of Topliss-reactive ketones (excluding diaryl/α,β-unsaturated/α-hetero) is 1. The van der Waals surface area contributed by atoms with E-state index in [0.717, 1.165) is 12.1 Å². The third-order valence-corrected chi connectivity index (χ3v) is 2.09. The maximum Gasteiger partial charge on any atom is 0.433 e. The number of ether oxygens (including phenoxy) is 1. The number of hydrogen-bond acceptors (Lipinski definition) is 8. The van der Waals surface area contributed by atoms with E-state index in [1.165, 1.54) is 6.92 Å². The van der Waals surface area contributed by atoms with E-state index in [-0.39, 0.29) is 11.3 Å². The highest BCUT2D eigenvalue weighted by Gasteiger charge is 2.20. The van der Waals surface area contributed by atoms with Crippen molar-refractivity contribution in [2.24, 2.45) is 5.73 Å². The Morgan fingerprint density at radius 3 is 2.65 bits per heavy atom. The van der Waals surface area contributed by atoms with Gasteiger partial charge in [-0.2, -0.15) is 5.26 Å². The van der Waals surface area contributed by atoms with Gasteiger partial charge in [0.05, 0.1) is 6.07 Å². The first-order chi connectivity index (χ1) is 9.36. The van der Waals surface area contributed by atoms with Crippen LogP contribution >= 0.6 is 0 Å². The quantitative estimate of drug-likeness (QED) is 0.271. The number of esters is 1. The topological polar surface area (TPSA) is 149 Å².